The molecule has 0 fully saturated rings. The first-order chi connectivity index (χ1) is 18.0. The van der Waals surface area contributed by atoms with Crippen molar-refractivity contribution in [2.24, 2.45) is 0 Å². The fraction of sp³-hybridized carbons (Fsp3) is 0.107. The molecule has 5 rings (SSSR count). The Labute approximate surface area is 212 Å². The monoisotopic (exact) mass is 491 g/mol. The van der Waals surface area contributed by atoms with Crippen molar-refractivity contribution in [2.75, 3.05) is 5.32 Å². The van der Waals surface area contributed by atoms with Crippen molar-refractivity contribution in [2.45, 2.75) is 19.5 Å². The first kappa shape index (κ1) is 23.6. The summed E-state index contributed by atoms with van der Waals surface area (Å²) in [6.07, 6.45) is 4.96. The number of nitrogens with zero attached hydrogens (tertiary/aromatic N) is 4. The lowest BCUT2D eigenvalue weighted by Gasteiger charge is -2.16. The van der Waals surface area contributed by atoms with Crippen LogP contribution in [0.4, 0.5) is 10.2 Å². The summed E-state index contributed by atoms with van der Waals surface area (Å²) in [6, 6.07) is 19.1. The maximum Gasteiger partial charge on any atom is 0.255 e. The minimum absolute atomic E-state index is 0.254. The highest BCUT2D eigenvalue weighted by Crippen LogP contribution is 2.23. The highest BCUT2D eigenvalue weighted by atomic mass is 19.1. The molecule has 0 saturated carbocycles. The number of pyridine rings is 2. The normalized spacial score (nSPS) is 11.6. The molecule has 3 N–H and O–H groups in total. The molecular weight excluding hydrogens is 469 g/mol. The lowest BCUT2D eigenvalue weighted by atomic mass is 10.0. The summed E-state index contributed by atoms with van der Waals surface area (Å²) in [7, 11) is 0. The van der Waals surface area contributed by atoms with Crippen LogP contribution < -0.4 is 10.6 Å². The number of halogens is 1. The van der Waals surface area contributed by atoms with Crippen LogP contribution in [0.2, 0.25) is 0 Å². The van der Waals surface area contributed by atoms with Crippen LogP contribution in [0.15, 0.2) is 79.3 Å². The molecule has 37 heavy (non-hydrogen) atoms. The van der Waals surface area contributed by atoms with Crippen molar-refractivity contribution >= 4 is 22.8 Å². The van der Waals surface area contributed by atoms with Gasteiger partial charge >= 0.3 is 0 Å². The highest BCUT2D eigenvalue weighted by Gasteiger charge is 2.17. The quantitative estimate of drug-likeness (QED) is 0.290. The third kappa shape index (κ3) is 5.28. The molecule has 0 aliphatic heterocycles. The van der Waals surface area contributed by atoms with Gasteiger partial charge in [0.25, 0.3) is 5.91 Å². The van der Waals surface area contributed by atoms with Gasteiger partial charge in [0.05, 0.1) is 23.4 Å². The molecule has 8 nitrogen and oxygen atoms in total. The summed E-state index contributed by atoms with van der Waals surface area (Å²) < 4.78 is 13.3. The molecule has 0 spiro atoms. The predicted octanol–water partition coefficient (Wildman–Crippen LogP) is 5.13. The number of aromatic nitrogens is 4. The Balaban J connectivity index is 1.30. The van der Waals surface area contributed by atoms with E-state index < -0.39 is 0 Å². The van der Waals surface area contributed by atoms with Crippen molar-refractivity contribution in [1.82, 2.24) is 25.5 Å². The first-order valence-corrected chi connectivity index (χ1v) is 11.6. The standard InChI is InChI=1S/C28H22FN7O/c1-17(20-6-8-24(29)9-7-20)35-28(37)25-10-19(12-30)14-32-27(25)31-13-18-2-4-21(5-3-18)22-11-23-16-34-36-26(23)33-15-22/h2-11,14-17H,13H2,1H3,(H,31,32)(H,35,37)(H,33,34,36)/t17-/m0/s1. The zero-order valence-corrected chi connectivity index (χ0v) is 19.9. The highest BCUT2D eigenvalue weighted by molar-refractivity contribution is 5.99. The second-order valence-electron chi connectivity index (χ2n) is 8.56. The number of amides is 1. The van der Waals surface area contributed by atoms with Crippen LogP contribution in [0.3, 0.4) is 0 Å². The Bertz CT molecular complexity index is 1600. The second-order valence-corrected chi connectivity index (χ2v) is 8.56. The molecule has 3 heterocycles. The number of fused-ring (bicyclic) bond motifs is 1. The maximum absolute atomic E-state index is 13.3. The number of carbonyl (C=O) groups excluding carboxylic acids is 1. The molecule has 0 aliphatic carbocycles. The van der Waals surface area contributed by atoms with Crippen molar-refractivity contribution in [3.63, 3.8) is 0 Å². The van der Waals surface area contributed by atoms with E-state index in [1.54, 1.807) is 31.5 Å². The molecule has 1 amide bonds. The van der Waals surface area contributed by atoms with Crippen LogP contribution in [0.25, 0.3) is 22.2 Å². The summed E-state index contributed by atoms with van der Waals surface area (Å²) in [5, 5.41) is 23.2. The Morgan fingerprint density at radius 2 is 1.81 bits per heavy atom. The van der Waals surface area contributed by atoms with Crippen molar-refractivity contribution in [3.05, 3.63) is 107 Å². The van der Waals surface area contributed by atoms with Gasteiger partial charge in [-0.25, -0.2) is 14.4 Å². The van der Waals surface area contributed by atoms with Crippen LogP contribution in [0, 0.1) is 17.1 Å². The second kappa shape index (κ2) is 10.3. The summed E-state index contributed by atoms with van der Waals surface area (Å²) in [4.78, 5) is 21.8. The summed E-state index contributed by atoms with van der Waals surface area (Å²) >= 11 is 0. The van der Waals surface area contributed by atoms with Crippen LogP contribution in [0.5, 0.6) is 0 Å². The Hall–Kier alpha value is -5.10. The summed E-state index contributed by atoms with van der Waals surface area (Å²) in [5.41, 5.74) is 5.02. The molecule has 0 bridgehead atoms. The van der Waals surface area contributed by atoms with Gasteiger partial charge in [0.1, 0.15) is 17.7 Å². The Morgan fingerprint density at radius 1 is 1.03 bits per heavy atom. The number of benzene rings is 2. The molecule has 0 aliphatic rings. The molecule has 0 unspecified atom stereocenters. The molecule has 0 radical (unpaired) electrons. The smallest absolute Gasteiger partial charge is 0.255 e. The predicted molar refractivity (Wildman–Crippen MR) is 138 cm³/mol. The van der Waals surface area contributed by atoms with Crippen LogP contribution >= 0.6 is 0 Å². The number of hydrogen-bond donors (Lipinski definition) is 3. The Kier molecular flexibility index (Phi) is 6.55. The number of nitrogens with one attached hydrogen (secondary N) is 3. The van der Waals surface area contributed by atoms with E-state index in [0.717, 1.165) is 33.3 Å². The maximum atomic E-state index is 13.3. The number of nitriles is 1. The third-order valence-electron chi connectivity index (χ3n) is 6.02. The lowest BCUT2D eigenvalue weighted by Crippen LogP contribution is -2.28. The number of H-pyrrole nitrogens is 1. The number of hydrogen-bond acceptors (Lipinski definition) is 6. The van der Waals surface area contributed by atoms with Gasteiger partial charge in [-0.2, -0.15) is 10.4 Å². The molecular formula is C28H22FN7O. The fourth-order valence-corrected chi connectivity index (χ4v) is 3.94. The zero-order valence-electron chi connectivity index (χ0n) is 19.9. The van der Waals surface area contributed by atoms with E-state index in [9.17, 15) is 14.4 Å². The number of anilines is 1. The Morgan fingerprint density at radius 3 is 2.57 bits per heavy atom. The van der Waals surface area contributed by atoms with E-state index in [-0.39, 0.29) is 28.9 Å². The van der Waals surface area contributed by atoms with Crippen molar-refractivity contribution in [1.29, 1.82) is 5.26 Å². The zero-order chi connectivity index (χ0) is 25.8. The number of carbonyl (C=O) groups is 1. The van der Waals surface area contributed by atoms with Gasteiger partial charge in [0.15, 0.2) is 5.65 Å². The van der Waals surface area contributed by atoms with Gasteiger partial charge < -0.3 is 10.6 Å². The van der Waals surface area contributed by atoms with Gasteiger partial charge in [-0.05, 0) is 47.9 Å². The number of rotatable bonds is 7. The van der Waals surface area contributed by atoms with Gasteiger partial charge in [0, 0.05) is 29.9 Å². The molecule has 182 valence electrons. The first-order valence-electron chi connectivity index (χ1n) is 11.6. The minimum atomic E-state index is -0.388. The van der Waals surface area contributed by atoms with Crippen molar-refractivity contribution in [3.8, 4) is 17.2 Å². The van der Waals surface area contributed by atoms with Gasteiger partial charge in [-0.1, -0.05) is 36.4 Å². The van der Waals surface area contributed by atoms with E-state index in [4.69, 9.17) is 0 Å². The molecule has 5 aromatic rings. The van der Waals surface area contributed by atoms with E-state index in [2.05, 4.69) is 30.8 Å². The topological polar surface area (TPSA) is 119 Å². The molecule has 3 aromatic heterocycles. The van der Waals surface area contributed by atoms with Crippen molar-refractivity contribution < 1.29 is 9.18 Å². The van der Waals surface area contributed by atoms with E-state index >= 15 is 0 Å². The average molecular weight is 492 g/mol. The average Bonchev–Trinajstić information content (AvgIpc) is 3.40. The number of aromatic amines is 1. The summed E-state index contributed by atoms with van der Waals surface area (Å²) in [6.45, 7) is 2.23. The molecule has 1 atom stereocenters. The molecule has 0 saturated heterocycles. The van der Waals surface area contributed by atoms with E-state index in [1.807, 2.05) is 36.4 Å². The molecule has 9 heteroatoms. The minimum Gasteiger partial charge on any atom is -0.365 e. The van der Waals surface area contributed by atoms with Crippen LogP contribution in [0.1, 0.15) is 40.0 Å². The van der Waals surface area contributed by atoms with E-state index in [0.29, 0.717) is 12.4 Å². The van der Waals surface area contributed by atoms with E-state index in [1.165, 1.54) is 24.4 Å². The van der Waals surface area contributed by atoms with Gasteiger partial charge in [0.2, 0.25) is 0 Å². The third-order valence-corrected chi connectivity index (χ3v) is 6.02. The molecule has 2 aromatic carbocycles. The van der Waals surface area contributed by atoms with Gasteiger partial charge in [-0.15, -0.1) is 0 Å². The fourth-order valence-electron chi connectivity index (χ4n) is 3.94. The van der Waals surface area contributed by atoms with Crippen LogP contribution in [-0.2, 0) is 6.54 Å². The lowest BCUT2D eigenvalue weighted by molar-refractivity contribution is 0.0940. The van der Waals surface area contributed by atoms with Gasteiger partial charge in [-0.3, -0.25) is 9.89 Å². The van der Waals surface area contributed by atoms with Crippen LogP contribution in [-0.4, -0.2) is 26.1 Å². The SMILES string of the molecule is C[C@H](NC(=O)c1cc(C#N)cnc1NCc1ccc(-c2cnc3[nH]ncc3c2)cc1)c1ccc(F)cc1. The largest absolute Gasteiger partial charge is 0.365 e. The summed E-state index contributed by atoms with van der Waals surface area (Å²) in [5.74, 6) is -0.369.